The van der Waals surface area contributed by atoms with Gasteiger partial charge in [0.05, 0.1) is 30.9 Å². The maximum atomic E-state index is 14.6. The van der Waals surface area contributed by atoms with E-state index in [9.17, 15) is 9.18 Å². The van der Waals surface area contributed by atoms with Crippen LogP contribution in [0.3, 0.4) is 0 Å². The molecule has 0 aromatic heterocycles. The lowest BCUT2D eigenvalue weighted by atomic mass is 10.1. The number of hydrogen-bond donors (Lipinski definition) is 1. The second-order valence-electron chi connectivity index (χ2n) is 7.28. The Kier molecular flexibility index (Phi) is 7.50. The van der Waals surface area contributed by atoms with Crippen molar-refractivity contribution in [3.63, 3.8) is 0 Å². The first-order chi connectivity index (χ1) is 13.9. The van der Waals surface area contributed by atoms with Gasteiger partial charge >= 0.3 is 0 Å². The number of carbonyl (C=O) groups excluding carboxylic acids is 1. The van der Waals surface area contributed by atoms with Crippen LogP contribution in [0.15, 0.2) is 46.9 Å². The normalized spacial score (nSPS) is 19.1. The number of halogens is 2. The number of hydrogen-bond acceptors (Lipinski definition) is 4. The molecule has 1 saturated heterocycles. The standard InChI is InChI=1S/C22H26BrFN2O3/c1-15-13-26(14-16(2)29-15)21-7-6-17(10-20(21)24)12-25-22(27)8-9-28-19-5-3-4-18(23)11-19/h3-7,10-11,15-16H,8-9,12-14H2,1-2H3,(H,25,27). The quantitative estimate of drug-likeness (QED) is 0.663. The SMILES string of the molecule is CC1CN(c2ccc(CNC(=O)CCOc3cccc(Br)c3)cc2F)CC(C)O1. The van der Waals surface area contributed by atoms with Gasteiger partial charge in [0.1, 0.15) is 11.6 Å². The van der Waals surface area contributed by atoms with Gasteiger partial charge < -0.3 is 19.7 Å². The number of rotatable bonds is 7. The molecule has 7 heteroatoms. The van der Waals surface area contributed by atoms with Crippen LogP contribution in [0.25, 0.3) is 0 Å². The average molecular weight is 465 g/mol. The number of anilines is 1. The van der Waals surface area contributed by atoms with Gasteiger partial charge in [-0.05, 0) is 49.7 Å². The minimum absolute atomic E-state index is 0.0660. The van der Waals surface area contributed by atoms with Crippen molar-refractivity contribution in [1.29, 1.82) is 0 Å². The summed E-state index contributed by atoms with van der Waals surface area (Å²) in [6, 6.07) is 12.6. The lowest BCUT2D eigenvalue weighted by Crippen LogP contribution is -2.45. The molecule has 5 nitrogen and oxygen atoms in total. The first-order valence-corrected chi connectivity index (χ1v) is 10.5. The molecular formula is C22H26BrFN2O3. The van der Waals surface area contributed by atoms with E-state index in [0.29, 0.717) is 24.5 Å². The van der Waals surface area contributed by atoms with E-state index in [-0.39, 0.29) is 43.5 Å². The van der Waals surface area contributed by atoms with Crippen molar-refractivity contribution in [2.45, 2.75) is 39.0 Å². The van der Waals surface area contributed by atoms with Gasteiger partial charge in [-0.25, -0.2) is 4.39 Å². The first kappa shape index (κ1) is 21.6. The highest BCUT2D eigenvalue weighted by molar-refractivity contribution is 9.10. The van der Waals surface area contributed by atoms with Crippen LogP contribution in [0, 0.1) is 5.82 Å². The Morgan fingerprint density at radius 1 is 1.24 bits per heavy atom. The van der Waals surface area contributed by atoms with Crippen LogP contribution in [0.5, 0.6) is 5.75 Å². The smallest absolute Gasteiger partial charge is 0.223 e. The molecule has 0 saturated carbocycles. The van der Waals surface area contributed by atoms with Crippen molar-refractivity contribution in [3.05, 3.63) is 58.3 Å². The minimum Gasteiger partial charge on any atom is -0.493 e. The molecule has 2 atom stereocenters. The van der Waals surface area contributed by atoms with Crippen LogP contribution in [0.1, 0.15) is 25.8 Å². The highest BCUT2D eigenvalue weighted by Crippen LogP contribution is 2.24. The maximum Gasteiger partial charge on any atom is 0.223 e. The maximum absolute atomic E-state index is 14.6. The molecule has 29 heavy (non-hydrogen) atoms. The van der Waals surface area contributed by atoms with Crippen molar-refractivity contribution in [2.75, 3.05) is 24.6 Å². The molecule has 1 N–H and O–H groups in total. The number of morpholine rings is 1. The zero-order chi connectivity index (χ0) is 20.8. The molecule has 0 aliphatic carbocycles. The Morgan fingerprint density at radius 3 is 2.69 bits per heavy atom. The fraction of sp³-hybridized carbons (Fsp3) is 0.409. The molecule has 0 radical (unpaired) electrons. The summed E-state index contributed by atoms with van der Waals surface area (Å²) in [5.74, 6) is 0.285. The Bertz CT molecular complexity index is 839. The third-order valence-electron chi connectivity index (χ3n) is 4.66. The Hall–Kier alpha value is -2.12. The molecule has 1 amide bonds. The van der Waals surface area contributed by atoms with E-state index in [2.05, 4.69) is 21.2 Å². The van der Waals surface area contributed by atoms with Crippen LogP contribution in [-0.4, -0.2) is 37.8 Å². The van der Waals surface area contributed by atoms with Crippen LogP contribution < -0.4 is 15.0 Å². The molecule has 0 spiro atoms. The summed E-state index contributed by atoms with van der Waals surface area (Å²) in [5.41, 5.74) is 1.30. The first-order valence-electron chi connectivity index (χ1n) is 9.74. The zero-order valence-corrected chi connectivity index (χ0v) is 18.2. The van der Waals surface area contributed by atoms with Crippen LogP contribution >= 0.6 is 15.9 Å². The number of ether oxygens (including phenoxy) is 2. The number of nitrogens with one attached hydrogen (secondary N) is 1. The second-order valence-corrected chi connectivity index (χ2v) is 8.20. The van der Waals surface area contributed by atoms with E-state index in [1.54, 1.807) is 6.07 Å². The molecule has 2 unspecified atom stereocenters. The molecule has 0 bridgehead atoms. The minimum atomic E-state index is -0.281. The van der Waals surface area contributed by atoms with Crippen molar-refractivity contribution in [1.82, 2.24) is 5.32 Å². The Balaban J connectivity index is 1.46. The van der Waals surface area contributed by atoms with Gasteiger partial charge in [-0.3, -0.25) is 4.79 Å². The molecule has 1 aliphatic rings. The lowest BCUT2D eigenvalue weighted by molar-refractivity contribution is -0.121. The third kappa shape index (κ3) is 6.44. The predicted octanol–water partition coefficient (Wildman–Crippen LogP) is 4.29. The van der Waals surface area contributed by atoms with Crippen LogP contribution in [0.4, 0.5) is 10.1 Å². The van der Waals surface area contributed by atoms with Gasteiger partial charge in [-0.2, -0.15) is 0 Å². The average Bonchev–Trinajstić information content (AvgIpc) is 2.66. The largest absolute Gasteiger partial charge is 0.493 e. The van der Waals surface area contributed by atoms with Crippen molar-refractivity contribution >= 4 is 27.5 Å². The van der Waals surface area contributed by atoms with Gasteiger partial charge in [-0.1, -0.05) is 28.1 Å². The summed E-state index contributed by atoms with van der Waals surface area (Å²) in [7, 11) is 0. The molecule has 2 aromatic rings. The molecule has 1 fully saturated rings. The monoisotopic (exact) mass is 464 g/mol. The second kappa shape index (κ2) is 10.1. The topological polar surface area (TPSA) is 50.8 Å². The van der Waals surface area contributed by atoms with Gasteiger partial charge in [0.15, 0.2) is 0 Å². The van der Waals surface area contributed by atoms with Crippen LogP contribution in [0.2, 0.25) is 0 Å². The van der Waals surface area contributed by atoms with Gasteiger partial charge in [-0.15, -0.1) is 0 Å². The number of nitrogens with zero attached hydrogens (tertiary/aromatic N) is 1. The summed E-state index contributed by atoms with van der Waals surface area (Å²) in [6.07, 6.45) is 0.365. The molecule has 1 aliphatic heterocycles. The van der Waals surface area contributed by atoms with Crippen molar-refractivity contribution in [2.24, 2.45) is 0 Å². The number of benzene rings is 2. The molecule has 3 rings (SSSR count). The van der Waals surface area contributed by atoms with Gasteiger partial charge in [0.2, 0.25) is 5.91 Å². The molecular weight excluding hydrogens is 439 g/mol. The molecule has 2 aromatic carbocycles. The van der Waals surface area contributed by atoms with E-state index in [4.69, 9.17) is 9.47 Å². The lowest BCUT2D eigenvalue weighted by Gasteiger charge is -2.37. The Labute approximate surface area is 179 Å². The summed E-state index contributed by atoms with van der Waals surface area (Å²) in [5, 5.41) is 2.81. The predicted molar refractivity (Wildman–Crippen MR) is 115 cm³/mol. The van der Waals surface area contributed by atoms with E-state index >= 15 is 0 Å². The summed E-state index contributed by atoms with van der Waals surface area (Å²) in [4.78, 5) is 14.0. The molecule has 1 heterocycles. The van der Waals surface area contributed by atoms with Crippen molar-refractivity contribution < 1.29 is 18.7 Å². The highest BCUT2D eigenvalue weighted by atomic mass is 79.9. The van der Waals surface area contributed by atoms with Crippen LogP contribution in [-0.2, 0) is 16.1 Å². The van der Waals surface area contributed by atoms with E-state index in [1.165, 1.54) is 6.07 Å². The molecule has 156 valence electrons. The Morgan fingerprint density at radius 2 is 2.00 bits per heavy atom. The number of amides is 1. The van der Waals surface area contributed by atoms with E-state index in [1.807, 2.05) is 49.1 Å². The summed E-state index contributed by atoms with van der Waals surface area (Å²) >= 11 is 3.38. The van der Waals surface area contributed by atoms with E-state index < -0.39 is 0 Å². The summed E-state index contributed by atoms with van der Waals surface area (Å²) in [6.45, 7) is 5.87. The highest BCUT2D eigenvalue weighted by Gasteiger charge is 2.24. The van der Waals surface area contributed by atoms with E-state index in [0.717, 1.165) is 10.0 Å². The van der Waals surface area contributed by atoms with Crippen molar-refractivity contribution in [3.8, 4) is 5.75 Å². The fourth-order valence-electron chi connectivity index (χ4n) is 3.40. The third-order valence-corrected chi connectivity index (χ3v) is 5.15. The number of carbonyl (C=O) groups is 1. The summed E-state index contributed by atoms with van der Waals surface area (Å²) < 4.78 is 26.8. The van der Waals surface area contributed by atoms with Gasteiger partial charge in [0, 0.05) is 24.1 Å². The van der Waals surface area contributed by atoms with Gasteiger partial charge in [0.25, 0.3) is 0 Å². The fourth-order valence-corrected chi connectivity index (χ4v) is 3.78. The zero-order valence-electron chi connectivity index (χ0n) is 16.7.